The van der Waals surface area contributed by atoms with Crippen LogP contribution in [0.3, 0.4) is 0 Å². The summed E-state index contributed by atoms with van der Waals surface area (Å²) in [6.07, 6.45) is 5.49. The predicted molar refractivity (Wildman–Crippen MR) is 88.4 cm³/mol. The summed E-state index contributed by atoms with van der Waals surface area (Å²) in [6, 6.07) is 5.20. The van der Waals surface area contributed by atoms with Crippen molar-refractivity contribution in [2.45, 2.75) is 64.5 Å². The van der Waals surface area contributed by atoms with Crippen molar-refractivity contribution < 1.29 is 14.3 Å². The highest BCUT2D eigenvalue weighted by Crippen LogP contribution is 2.23. The van der Waals surface area contributed by atoms with Crippen LogP contribution in [0.4, 0.5) is 4.79 Å². The highest BCUT2D eigenvalue weighted by Gasteiger charge is 2.31. The Balaban J connectivity index is 2.09. The lowest BCUT2D eigenvalue weighted by atomic mass is 10.0. The highest BCUT2D eigenvalue weighted by molar-refractivity contribution is 5.94. The maximum Gasteiger partial charge on any atom is 0.410 e. The summed E-state index contributed by atoms with van der Waals surface area (Å²) in [5.41, 5.74) is -0.0697. The van der Waals surface area contributed by atoms with E-state index in [2.05, 4.69) is 4.98 Å². The fourth-order valence-corrected chi connectivity index (χ4v) is 2.80. The minimum atomic E-state index is -0.529. The van der Waals surface area contributed by atoms with E-state index >= 15 is 0 Å². The maximum atomic E-state index is 12.5. The van der Waals surface area contributed by atoms with Crippen molar-refractivity contribution in [2.75, 3.05) is 6.54 Å². The van der Waals surface area contributed by atoms with Crippen LogP contribution in [0.25, 0.3) is 0 Å². The Kier molecular flexibility index (Phi) is 5.74. The molecule has 1 aliphatic heterocycles. The van der Waals surface area contributed by atoms with Gasteiger partial charge in [-0.3, -0.25) is 9.78 Å². The number of carbonyl (C=O) groups is 2. The van der Waals surface area contributed by atoms with E-state index in [-0.39, 0.29) is 17.9 Å². The van der Waals surface area contributed by atoms with Gasteiger partial charge in [0.25, 0.3) is 0 Å². The summed E-state index contributed by atoms with van der Waals surface area (Å²) in [5.74, 6) is -0.0222. The van der Waals surface area contributed by atoms with Crippen LogP contribution in [0.15, 0.2) is 24.4 Å². The smallest absolute Gasteiger partial charge is 0.410 e. The fraction of sp³-hybridized carbons (Fsp3) is 0.611. The largest absolute Gasteiger partial charge is 0.444 e. The quantitative estimate of drug-likeness (QED) is 0.795. The second-order valence-electron chi connectivity index (χ2n) is 7.02. The minimum absolute atomic E-state index is 0.0222. The van der Waals surface area contributed by atoms with E-state index in [4.69, 9.17) is 4.74 Å². The number of carbonyl (C=O) groups excluding carboxylic acids is 2. The van der Waals surface area contributed by atoms with Gasteiger partial charge in [0, 0.05) is 25.2 Å². The molecule has 2 heterocycles. The minimum Gasteiger partial charge on any atom is -0.444 e. The van der Waals surface area contributed by atoms with Crippen molar-refractivity contribution in [1.82, 2.24) is 9.88 Å². The van der Waals surface area contributed by atoms with Gasteiger partial charge in [-0.25, -0.2) is 4.79 Å². The molecular weight excluding hydrogens is 292 g/mol. The molecule has 0 radical (unpaired) electrons. The second kappa shape index (κ2) is 7.57. The van der Waals surface area contributed by atoms with Crippen LogP contribution < -0.4 is 0 Å². The van der Waals surface area contributed by atoms with Gasteiger partial charge in [-0.1, -0.05) is 18.9 Å². The number of nitrogens with zero attached hydrogens (tertiary/aromatic N) is 2. The van der Waals surface area contributed by atoms with Crippen molar-refractivity contribution in [3.8, 4) is 0 Å². The van der Waals surface area contributed by atoms with E-state index in [1.54, 1.807) is 29.3 Å². The summed E-state index contributed by atoms with van der Waals surface area (Å²) in [4.78, 5) is 30.8. The van der Waals surface area contributed by atoms with Gasteiger partial charge in [-0.05, 0) is 45.7 Å². The Hall–Kier alpha value is -1.91. The molecule has 5 nitrogen and oxygen atoms in total. The molecule has 1 aliphatic rings. The summed E-state index contributed by atoms with van der Waals surface area (Å²) in [5, 5.41) is 0. The SMILES string of the molecule is CC(C)(C)OC(=O)N1CCCCCC1CC(=O)c1ccccn1. The molecular formula is C18H26N2O3. The summed E-state index contributed by atoms with van der Waals surface area (Å²) < 4.78 is 5.51. The number of rotatable bonds is 3. The van der Waals surface area contributed by atoms with Gasteiger partial charge in [0.1, 0.15) is 11.3 Å². The van der Waals surface area contributed by atoms with E-state index in [1.807, 2.05) is 20.8 Å². The van der Waals surface area contributed by atoms with Gasteiger partial charge < -0.3 is 9.64 Å². The molecule has 1 aromatic heterocycles. The van der Waals surface area contributed by atoms with E-state index in [1.165, 1.54) is 0 Å². The topological polar surface area (TPSA) is 59.5 Å². The average molecular weight is 318 g/mol. The zero-order valence-electron chi connectivity index (χ0n) is 14.2. The molecule has 0 aromatic carbocycles. The number of likely N-dealkylation sites (tertiary alicyclic amines) is 1. The number of pyridine rings is 1. The number of ether oxygens (including phenoxy) is 1. The summed E-state index contributed by atoms with van der Waals surface area (Å²) in [6.45, 7) is 6.22. The van der Waals surface area contributed by atoms with Gasteiger partial charge in [-0.2, -0.15) is 0 Å². The maximum absolute atomic E-state index is 12.5. The van der Waals surface area contributed by atoms with Crippen molar-refractivity contribution in [2.24, 2.45) is 0 Å². The fourth-order valence-electron chi connectivity index (χ4n) is 2.80. The molecule has 1 fully saturated rings. The molecule has 1 amide bonds. The molecule has 1 unspecified atom stereocenters. The number of hydrogen-bond donors (Lipinski definition) is 0. The first-order chi connectivity index (χ1) is 10.9. The number of hydrogen-bond acceptors (Lipinski definition) is 4. The third-order valence-electron chi connectivity index (χ3n) is 3.88. The van der Waals surface area contributed by atoms with Crippen molar-refractivity contribution in [3.63, 3.8) is 0 Å². The van der Waals surface area contributed by atoms with Crippen LogP contribution in [-0.2, 0) is 4.74 Å². The third-order valence-corrected chi connectivity index (χ3v) is 3.88. The molecule has 0 aliphatic carbocycles. The Morgan fingerprint density at radius 1 is 1.26 bits per heavy atom. The zero-order chi connectivity index (χ0) is 16.9. The molecule has 0 bridgehead atoms. The van der Waals surface area contributed by atoms with Crippen LogP contribution >= 0.6 is 0 Å². The molecule has 23 heavy (non-hydrogen) atoms. The first kappa shape index (κ1) is 17.4. The normalized spacial score (nSPS) is 19.1. The number of Topliss-reactive ketones (excluding diaryl/α,β-unsaturated/α-hetero) is 1. The van der Waals surface area contributed by atoms with E-state index in [9.17, 15) is 9.59 Å². The molecule has 0 spiro atoms. The van der Waals surface area contributed by atoms with Gasteiger partial charge in [-0.15, -0.1) is 0 Å². The molecule has 1 atom stereocenters. The van der Waals surface area contributed by atoms with E-state index < -0.39 is 5.60 Å². The zero-order valence-corrected chi connectivity index (χ0v) is 14.2. The molecule has 0 N–H and O–H groups in total. The Morgan fingerprint density at radius 3 is 2.70 bits per heavy atom. The van der Waals surface area contributed by atoms with Crippen LogP contribution in [0.1, 0.15) is 63.4 Å². The molecule has 2 rings (SSSR count). The number of aromatic nitrogens is 1. The molecule has 5 heteroatoms. The van der Waals surface area contributed by atoms with Crippen LogP contribution in [-0.4, -0.2) is 39.9 Å². The van der Waals surface area contributed by atoms with Gasteiger partial charge in [0.05, 0.1) is 0 Å². The van der Waals surface area contributed by atoms with Crippen LogP contribution in [0.2, 0.25) is 0 Å². The van der Waals surface area contributed by atoms with Crippen molar-refractivity contribution in [1.29, 1.82) is 0 Å². The van der Waals surface area contributed by atoms with Crippen LogP contribution in [0, 0.1) is 0 Å². The summed E-state index contributed by atoms with van der Waals surface area (Å²) in [7, 11) is 0. The van der Waals surface area contributed by atoms with E-state index in [0.717, 1.165) is 25.7 Å². The Morgan fingerprint density at radius 2 is 2.04 bits per heavy atom. The third kappa shape index (κ3) is 5.34. The van der Waals surface area contributed by atoms with Gasteiger partial charge >= 0.3 is 6.09 Å². The number of amides is 1. The standard InChI is InChI=1S/C18H26N2O3/c1-18(2,3)23-17(22)20-12-8-4-5-9-14(20)13-16(21)15-10-6-7-11-19-15/h6-7,10-11,14H,4-5,8-9,12-13H2,1-3H3. The van der Waals surface area contributed by atoms with Crippen molar-refractivity contribution >= 4 is 11.9 Å². The van der Waals surface area contributed by atoms with Gasteiger partial charge in [0.2, 0.25) is 0 Å². The number of ketones is 1. The Bertz CT molecular complexity index is 537. The second-order valence-corrected chi connectivity index (χ2v) is 7.02. The monoisotopic (exact) mass is 318 g/mol. The average Bonchev–Trinajstić information content (AvgIpc) is 2.72. The highest BCUT2D eigenvalue weighted by atomic mass is 16.6. The first-order valence-corrected chi connectivity index (χ1v) is 8.31. The molecule has 0 saturated carbocycles. The molecule has 126 valence electrons. The lowest BCUT2D eigenvalue weighted by Crippen LogP contribution is -2.44. The molecule has 1 aromatic rings. The predicted octanol–water partition coefficient (Wildman–Crippen LogP) is 3.83. The lowest BCUT2D eigenvalue weighted by Gasteiger charge is -2.32. The van der Waals surface area contributed by atoms with E-state index in [0.29, 0.717) is 18.7 Å². The molecule has 1 saturated heterocycles. The van der Waals surface area contributed by atoms with Crippen molar-refractivity contribution in [3.05, 3.63) is 30.1 Å². The Labute approximate surface area is 138 Å². The van der Waals surface area contributed by atoms with Gasteiger partial charge in [0.15, 0.2) is 5.78 Å². The first-order valence-electron chi connectivity index (χ1n) is 8.31. The van der Waals surface area contributed by atoms with Crippen LogP contribution in [0.5, 0.6) is 0 Å². The summed E-state index contributed by atoms with van der Waals surface area (Å²) >= 11 is 0. The lowest BCUT2D eigenvalue weighted by molar-refractivity contribution is 0.0162.